The first-order valence-electron chi connectivity index (χ1n) is 8.00. The van der Waals surface area contributed by atoms with Crippen molar-refractivity contribution in [3.63, 3.8) is 0 Å². The number of tetrazole rings is 1. The van der Waals surface area contributed by atoms with E-state index in [0.29, 0.717) is 18.8 Å². The summed E-state index contributed by atoms with van der Waals surface area (Å²) >= 11 is 0. The number of hydrogen-bond donors (Lipinski definition) is 2. The Morgan fingerprint density at radius 3 is 2.96 bits per heavy atom. The van der Waals surface area contributed by atoms with E-state index in [0.717, 1.165) is 11.1 Å². The van der Waals surface area contributed by atoms with Crippen molar-refractivity contribution in [3.05, 3.63) is 41.2 Å². The van der Waals surface area contributed by atoms with Crippen molar-refractivity contribution in [1.82, 2.24) is 30.8 Å². The average molecular weight is 344 g/mol. The van der Waals surface area contributed by atoms with Crippen LogP contribution in [-0.2, 0) is 20.7 Å². The maximum atomic E-state index is 12.6. The van der Waals surface area contributed by atoms with Gasteiger partial charge in [0.05, 0.1) is 6.04 Å². The van der Waals surface area contributed by atoms with Crippen molar-refractivity contribution in [1.29, 1.82) is 0 Å². The van der Waals surface area contributed by atoms with E-state index >= 15 is 0 Å². The van der Waals surface area contributed by atoms with Gasteiger partial charge in [0.1, 0.15) is 6.61 Å². The van der Waals surface area contributed by atoms with E-state index in [4.69, 9.17) is 4.74 Å². The number of nitrogens with one attached hydrogen (secondary N) is 2. The van der Waals surface area contributed by atoms with Gasteiger partial charge in [-0.2, -0.15) is 5.21 Å². The zero-order valence-corrected chi connectivity index (χ0v) is 14.1. The molecule has 0 aliphatic carbocycles. The highest BCUT2D eigenvalue weighted by Gasteiger charge is 2.40. The van der Waals surface area contributed by atoms with Crippen LogP contribution in [0.4, 0.5) is 0 Å². The Labute approximate surface area is 144 Å². The van der Waals surface area contributed by atoms with Gasteiger partial charge in [0, 0.05) is 20.0 Å². The van der Waals surface area contributed by atoms with Crippen LogP contribution in [0.5, 0.6) is 0 Å². The van der Waals surface area contributed by atoms with Crippen LogP contribution in [0.1, 0.15) is 23.0 Å². The lowest BCUT2D eigenvalue weighted by molar-refractivity contribution is -0.162. The van der Waals surface area contributed by atoms with E-state index in [1.807, 2.05) is 31.2 Å². The van der Waals surface area contributed by atoms with Gasteiger partial charge in [-0.1, -0.05) is 29.5 Å². The number of H-pyrrole nitrogens is 1. The predicted octanol–water partition coefficient (Wildman–Crippen LogP) is -0.235. The smallest absolute Gasteiger partial charge is 0.251 e. The van der Waals surface area contributed by atoms with Gasteiger partial charge >= 0.3 is 0 Å². The molecule has 9 heteroatoms. The second-order valence-electron chi connectivity index (χ2n) is 5.91. The average Bonchev–Trinajstić information content (AvgIpc) is 3.11. The number of morpholine rings is 1. The molecular weight excluding hydrogens is 324 g/mol. The number of amides is 2. The van der Waals surface area contributed by atoms with E-state index in [9.17, 15) is 9.59 Å². The summed E-state index contributed by atoms with van der Waals surface area (Å²) in [6.07, 6.45) is -0.312. The molecule has 1 aromatic heterocycles. The number of aryl methyl sites for hydroxylation is 1. The first kappa shape index (κ1) is 17.0. The third kappa shape index (κ3) is 3.66. The van der Waals surface area contributed by atoms with Crippen LogP contribution < -0.4 is 5.32 Å². The number of hydrogen-bond acceptors (Lipinski definition) is 6. The van der Waals surface area contributed by atoms with Gasteiger partial charge in [-0.3, -0.25) is 9.59 Å². The molecule has 132 valence electrons. The molecule has 9 nitrogen and oxygen atoms in total. The lowest BCUT2D eigenvalue weighted by atomic mass is 9.94. The molecule has 1 fully saturated rings. The molecule has 1 aromatic carbocycles. The number of aromatic amines is 1. The maximum absolute atomic E-state index is 12.6. The summed E-state index contributed by atoms with van der Waals surface area (Å²) in [6.45, 7) is 2.20. The van der Waals surface area contributed by atoms with E-state index in [1.54, 1.807) is 11.9 Å². The standard InChI is InChI=1S/C16H20N6O3/c1-10-5-3-4-6-11(10)14-15(25-9-13(23)22(14)2)16(24)17-8-7-12-18-20-21-19-12/h3-6,14-15H,7-9H2,1-2H3,(H,17,24)(H,18,19,20,21)/t14-,15+/m1/s1. The van der Waals surface area contributed by atoms with E-state index < -0.39 is 12.1 Å². The minimum Gasteiger partial charge on any atom is -0.356 e. The highest BCUT2D eigenvalue weighted by molar-refractivity contribution is 5.86. The molecule has 1 aliphatic heterocycles. The maximum Gasteiger partial charge on any atom is 0.251 e. The van der Waals surface area contributed by atoms with Crippen LogP contribution in [0.2, 0.25) is 0 Å². The molecule has 2 aromatic rings. The van der Waals surface area contributed by atoms with Crippen LogP contribution >= 0.6 is 0 Å². The molecular formula is C16H20N6O3. The second-order valence-corrected chi connectivity index (χ2v) is 5.91. The van der Waals surface area contributed by atoms with E-state index in [2.05, 4.69) is 25.9 Å². The molecule has 3 rings (SSSR count). The lowest BCUT2D eigenvalue weighted by Crippen LogP contribution is -2.53. The molecule has 2 heterocycles. The van der Waals surface area contributed by atoms with Gasteiger partial charge in [0.25, 0.3) is 5.91 Å². The van der Waals surface area contributed by atoms with Gasteiger partial charge in [-0.05, 0) is 18.1 Å². The van der Waals surface area contributed by atoms with Crippen LogP contribution in [0.15, 0.2) is 24.3 Å². The number of nitrogens with zero attached hydrogens (tertiary/aromatic N) is 4. The number of carbonyl (C=O) groups excluding carboxylic acids is 2. The molecule has 0 radical (unpaired) electrons. The molecule has 1 saturated heterocycles. The van der Waals surface area contributed by atoms with Crippen molar-refractivity contribution in [2.75, 3.05) is 20.2 Å². The largest absolute Gasteiger partial charge is 0.356 e. The molecule has 2 atom stereocenters. The number of ether oxygens (including phenoxy) is 1. The van der Waals surface area contributed by atoms with E-state index in [1.165, 1.54) is 0 Å². The predicted molar refractivity (Wildman–Crippen MR) is 87.3 cm³/mol. The quantitative estimate of drug-likeness (QED) is 0.774. The summed E-state index contributed by atoms with van der Waals surface area (Å²) in [5.74, 6) is 0.104. The Morgan fingerprint density at radius 2 is 2.24 bits per heavy atom. The SMILES string of the molecule is Cc1ccccc1[C@@H]1[C@@H](C(=O)NCCc2nn[nH]n2)OCC(=O)N1C. The lowest BCUT2D eigenvalue weighted by Gasteiger charge is -2.38. The van der Waals surface area contributed by atoms with Gasteiger partial charge < -0.3 is 15.0 Å². The monoisotopic (exact) mass is 344 g/mol. The number of carbonyl (C=O) groups is 2. The highest BCUT2D eigenvalue weighted by Crippen LogP contribution is 2.31. The minimum absolute atomic E-state index is 0.109. The summed E-state index contributed by atoms with van der Waals surface area (Å²) in [5, 5.41) is 16.3. The number of likely N-dealkylation sites (N-methyl/N-ethyl adjacent to an activating group) is 1. The van der Waals surface area contributed by atoms with E-state index in [-0.39, 0.29) is 18.4 Å². The van der Waals surface area contributed by atoms with Crippen LogP contribution in [0.3, 0.4) is 0 Å². The summed E-state index contributed by atoms with van der Waals surface area (Å²) in [6, 6.07) is 7.21. The third-order valence-electron chi connectivity index (χ3n) is 4.29. The van der Waals surface area contributed by atoms with Gasteiger partial charge in [-0.15, -0.1) is 10.2 Å². The molecule has 25 heavy (non-hydrogen) atoms. The molecule has 2 amide bonds. The fraction of sp³-hybridized carbons (Fsp3) is 0.438. The number of benzene rings is 1. The summed E-state index contributed by atoms with van der Waals surface area (Å²) in [5.41, 5.74) is 1.90. The molecule has 0 spiro atoms. The van der Waals surface area contributed by atoms with Crippen molar-refractivity contribution in [3.8, 4) is 0 Å². The Morgan fingerprint density at radius 1 is 1.44 bits per heavy atom. The molecule has 2 N–H and O–H groups in total. The highest BCUT2D eigenvalue weighted by atomic mass is 16.5. The first-order valence-corrected chi connectivity index (χ1v) is 8.00. The summed E-state index contributed by atoms with van der Waals surface area (Å²) < 4.78 is 5.58. The second kappa shape index (κ2) is 7.39. The van der Waals surface area contributed by atoms with Crippen molar-refractivity contribution >= 4 is 11.8 Å². The normalized spacial score (nSPS) is 20.6. The zero-order chi connectivity index (χ0) is 17.8. The molecule has 0 unspecified atom stereocenters. The summed E-state index contributed by atoms with van der Waals surface area (Å²) in [4.78, 5) is 26.3. The zero-order valence-electron chi connectivity index (χ0n) is 14.1. The van der Waals surface area contributed by atoms with Crippen LogP contribution in [-0.4, -0.2) is 63.6 Å². The fourth-order valence-corrected chi connectivity index (χ4v) is 2.91. The van der Waals surface area contributed by atoms with Gasteiger partial charge in [0.15, 0.2) is 11.9 Å². The Hall–Kier alpha value is -2.81. The number of rotatable bonds is 5. The topological polar surface area (TPSA) is 113 Å². The van der Waals surface area contributed by atoms with Crippen molar-refractivity contribution in [2.45, 2.75) is 25.5 Å². The summed E-state index contributed by atoms with van der Waals surface area (Å²) in [7, 11) is 1.70. The minimum atomic E-state index is -0.769. The van der Waals surface area contributed by atoms with Crippen LogP contribution in [0, 0.1) is 6.92 Å². The Kier molecular flexibility index (Phi) is 5.03. The van der Waals surface area contributed by atoms with Gasteiger partial charge in [-0.25, -0.2) is 0 Å². The van der Waals surface area contributed by atoms with Crippen LogP contribution in [0.25, 0.3) is 0 Å². The number of aromatic nitrogens is 4. The molecule has 0 bridgehead atoms. The Bertz CT molecular complexity index is 748. The Balaban J connectivity index is 1.74. The first-order chi connectivity index (χ1) is 12.1. The van der Waals surface area contributed by atoms with Crippen molar-refractivity contribution < 1.29 is 14.3 Å². The molecule has 0 saturated carbocycles. The third-order valence-corrected chi connectivity index (χ3v) is 4.29. The molecule has 1 aliphatic rings. The van der Waals surface area contributed by atoms with Gasteiger partial charge in [0.2, 0.25) is 5.91 Å². The fourth-order valence-electron chi connectivity index (χ4n) is 2.91. The van der Waals surface area contributed by atoms with Crippen molar-refractivity contribution in [2.24, 2.45) is 0 Å².